The maximum Gasteiger partial charge on any atom is 0.306 e. The molecule has 1 aliphatic carbocycles. The van der Waals surface area contributed by atoms with Gasteiger partial charge >= 0.3 is 5.97 Å². The Kier molecular flexibility index (Phi) is 3.22. The average molecular weight is 194 g/mol. The molecule has 1 saturated carbocycles. The van der Waals surface area contributed by atoms with Crippen molar-refractivity contribution in [2.45, 2.75) is 51.0 Å². The van der Waals surface area contributed by atoms with Crippen molar-refractivity contribution in [3.8, 4) is 0 Å². The van der Waals surface area contributed by atoms with E-state index >= 15 is 0 Å². The molecule has 78 valence electrons. The molecule has 14 heavy (non-hydrogen) atoms. The van der Waals surface area contributed by atoms with Gasteiger partial charge in [0.25, 0.3) is 0 Å². The van der Waals surface area contributed by atoms with E-state index in [4.69, 9.17) is 4.74 Å². The van der Waals surface area contributed by atoms with Gasteiger partial charge in [0, 0.05) is 12.3 Å². The Labute approximate surface area is 85.3 Å². The van der Waals surface area contributed by atoms with Crippen LogP contribution in [0.25, 0.3) is 0 Å². The smallest absolute Gasteiger partial charge is 0.306 e. The highest BCUT2D eigenvalue weighted by molar-refractivity contribution is 5.69. The third-order valence-electron chi connectivity index (χ3n) is 3.17. The Balaban J connectivity index is 2.05. The first kappa shape index (κ1) is 9.75. The number of carbonyl (C=O) groups is 1. The van der Waals surface area contributed by atoms with E-state index in [0.717, 1.165) is 19.3 Å². The molecule has 2 heteroatoms. The Morgan fingerprint density at radius 2 is 2.07 bits per heavy atom. The summed E-state index contributed by atoms with van der Waals surface area (Å²) in [6, 6.07) is 0. The highest BCUT2D eigenvalue weighted by atomic mass is 16.5. The minimum atomic E-state index is 0.00519. The number of esters is 1. The zero-order chi connectivity index (χ0) is 9.80. The number of carbonyl (C=O) groups excluding carboxylic acids is 1. The van der Waals surface area contributed by atoms with Crippen molar-refractivity contribution in [3.63, 3.8) is 0 Å². The van der Waals surface area contributed by atoms with Crippen LogP contribution in [0.2, 0.25) is 0 Å². The van der Waals surface area contributed by atoms with Gasteiger partial charge in [0.05, 0.1) is 0 Å². The molecule has 0 N–H and O–H groups in total. The van der Waals surface area contributed by atoms with Gasteiger partial charge in [-0.1, -0.05) is 18.6 Å². The molecule has 2 aliphatic rings. The van der Waals surface area contributed by atoms with E-state index in [1.807, 2.05) is 0 Å². The molecule has 1 aliphatic heterocycles. The molecular formula is C12H18O2. The number of hydrogen-bond acceptors (Lipinski definition) is 2. The van der Waals surface area contributed by atoms with Crippen molar-refractivity contribution in [2.75, 3.05) is 0 Å². The summed E-state index contributed by atoms with van der Waals surface area (Å²) >= 11 is 0. The monoisotopic (exact) mass is 194 g/mol. The van der Waals surface area contributed by atoms with Crippen LogP contribution in [0.1, 0.15) is 44.9 Å². The fraction of sp³-hybridized carbons (Fsp3) is 0.750. The second-order valence-corrected chi connectivity index (χ2v) is 4.30. The Hall–Kier alpha value is -0.790. The number of fused-ring (bicyclic) bond motifs is 1. The van der Waals surface area contributed by atoms with Gasteiger partial charge in [-0.3, -0.25) is 4.79 Å². The Bertz CT molecular complexity index is 232. The summed E-state index contributed by atoms with van der Waals surface area (Å²) in [5.41, 5.74) is 0. The third-order valence-corrected chi connectivity index (χ3v) is 3.17. The molecule has 0 unspecified atom stereocenters. The lowest BCUT2D eigenvalue weighted by molar-refractivity contribution is -0.152. The largest absolute Gasteiger partial charge is 0.462 e. The number of hydrogen-bond donors (Lipinski definition) is 0. The number of allylic oxidation sites excluding steroid dienone is 1. The van der Waals surface area contributed by atoms with E-state index in [-0.39, 0.29) is 12.1 Å². The van der Waals surface area contributed by atoms with Crippen LogP contribution in [-0.4, -0.2) is 12.1 Å². The molecule has 2 atom stereocenters. The first-order valence-corrected chi connectivity index (χ1v) is 5.72. The van der Waals surface area contributed by atoms with Gasteiger partial charge in [-0.25, -0.2) is 0 Å². The zero-order valence-electron chi connectivity index (χ0n) is 8.58. The lowest BCUT2D eigenvalue weighted by Crippen LogP contribution is -2.28. The van der Waals surface area contributed by atoms with Crippen LogP contribution >= 0.6 is 0 Å². The molecular weight excluding hydrogens is 176 g/mol. The van der Waals surface area contributed by atoms with E-state index in [1.165, 1.54) is 19.3 Å². The van der Waals surface area contributed by atoms with Crippen molar-refractivity contribution in [1.29, 1.82) is 0 Å². The van der Waals surface area contributed by atoms with Crippen molar-refractivity contribution < 1.29 is 9.53 Å². The quantitative estimate of drug-likeness (QED) is 0.438. The first-order valence-electron chi connectivity index (χ1n) is 5.72. The highest BCUT2D eigenvalue weighted by Gasteiger charge is 2.26. The third kappa shape index (κ3) is 2.37. The molecule has 0 amide bonds. The van der Waals surface area contributed by atoms with E-state index in [0.29, 0.717) is 12.3 Å². The SMILES string of the molecule is O=C1CCC/C=C\[C@@H]2CCCC[C@H]2O1. The molecule has 0 radical (unpaired) electrons. The molecule has 1 heterocycles. The second-order valence-electron chi connectivity index (χ2n) is 4.30. The minimum Gasteiger partial charge on any atom is -0.462 e. The Morgan fingerprint density at radius 3 is 3.00 bits per heavy atom. The number of ether oxygens (including phenoxy) is 1. The van der Waals surface area contributed by atoms with E-state index in [2.05, 4.69) is 12.2 Å². The summed E-state index contributed by atoms with van der Waals surface area (Å²) in [7, 11) is 0. The van der Waals surface area contributed by atoms with Gasteiger partial charge in [0.1, 0.15) is 6.10 Å². The van der Waals surface area contributed by atoms with Gasteiger partial charge in [0.15, 0.2) is 0 Å². The zero-order valence-corrected chi connectivity index (χ0v) is 8.58. The summed E-state index contributed by atoms with van der Waals surface area (Å²) in [6.07, 6.45) is 12.0. The molecule has 0 saturated heterocycles. The molecule has 1 fully saturated rings. The van der Waals surface area contributed by atoms with E-state index in [1.54, 1.807) is 0 Å². The van der Waals surface area contributed by atoms with Crippen LogP contribution < -0.4 is 0 Å². The Morgan fingerprint density at radius 1 is 1.21 bits per heavy atom. The predicted octanol–water partition coefficient (Wildman–Crippen LogP) is 2.83. The number of rotatable bonds is 0. The van der Waals surface area contributed by atoms with Gasteiger partial charge in [-0.05, 0) is 32.1 Å². The lowest BCUT2D eigenvalue weighted by Gasteiger charge is -2.28. The fourth-order valence-electron chi connectivity index (χ4n) is 2.36. The van der Waals surface area contributed by atoms with E-state index in [9.17, 15) is 4.79 Å². The molecule has 0 spiro atoms. The van der Waals surface area contributed by atoms with Crippen LogP contribution in [0, 0.1) is 5.92 Å². The maximum atomic E-state index is 11.4. The summed E-state index contributed by atoms with van der Waals surface area (Å²) in [5.74, 6) is 0.497. The summed E-state index contributed by atoms with van der Waals surface area (Å²) in [4.78, 5) is 11.4. The summed E-state index contributed by atoms with van der Waals surface area (Å²) < 4.78 is 5.49. The topological polar surface area (TPSA) is 26.3 Å². The maximum absolute atomic E-state index is 11.4. The highest BCUT2D eigenvalue weighted by Crippen LogP contribution is 2.29. The van der Waals surface area contributed by atoms with Gasteiger partial charge in [0.2, 0.25) is 0 Å². The predicted molar refractivity (Wildman–Crippen MR) is 54.8 cm³/mol. The van der Waals surface area contributed by atoms with Crippen molar-refractivity contribution in [2.24, 2.45) is 5.92 Å². The van der Waals surface area contributed by atoms with Gasteiger partial charge < -0.3 is 4.74 Å². The molecule has 0 aromatic rings. The molecule has 0 aromatic carbocycles. The van der Waals surface area contributed by atoms with E-state index < -0.39 is 0 Å². The van der Waals surface area contributed by atoms with Crippen LogP contribution in [-0.2, 0) is 9.53 Å². The van der Waals surface area contributed by atoms with Crippen LogP contribution in [0.3, 0.4) is 0 Å². The minimum absolute atomic E-state index is 0.00519. The van der Waals surface area contributed by atoms with Gasteiger partial charge in [-0.2, -0.15) is 0 Å². The molecule has 2 nitrogen and oxygen atoms in total. The summed E-state index contributed by atoms with van der Waals surface area (Å²) in [6.45, 7) is 0. The average Bonchev–Trinajstić information content (AvgIpc) is 2.27. The van der Waals surface area contributed by atoms with Crippen molar-refractivity contribution in [1.82, 2.24) is 0 Å². The standard InChI is InChI=1S/C12H18O2/c13-12-9-3-1-2-6-10-7-4-5-8-11(10)14-12/h2,6,10-11H,1,3-5,7-9H2/b6-2-/t10-,11-/m1/s1. The fourth-order valence-corrected chi connectivity index (χ4v) is 2.36. The van der Waals surface area contributed by atoms with Crippen LogP contribution in [0.5, 0.6) is 0 Å². The normalized spacial score (nSPS) is 35.9. The lowest BCUT2D eigenvalue weighted by atomic mass is 9.86. The summed E-state index contributed by atoms with van der Waals surface area (Å²) in [5, 5.41) is 0. The van der Waals surface area contributed by atoms with Crippen molar-refractivity contribution >= 4 is 5.97 Å². The van der Waals surface area contributed by atoms with Crippen molar-refractivity contribution in [3.05, 3.63) is 12.2 Å². The molecule has 0 aromatic heterocycles. The first-order chi connectivity index (χ1) is 6.86. The van der Waals surface area contributed by atoms with Gasteiger partial charge in [-0.15, -0.1) is 0 Å². The van der Waals surface area contributed by atoms with Crippen LogP contribution in [0.15, 0.2) is 12.2 Å². The van der Waals surface area contributed by atoms with Crippen LogP contribution in [0.4, 0.5) is 0 Å². The molecule has 2 rings (SSSR count). The molecule has 0 bridgehead atoms. The second kappa shape index (κ2) is 4.63.